The number of aromatic hydroxyl groups is 1. The summed E-state index contributed by atoms with van der Waals surface area (Å²) in [6.45, 7) is 0. The van der Waals surface area contributed by atoms with Gasteiger partial charge in [-0.2, -0.15) is 5.10 Å². The lowest BCUT2D eigenvalue weighted by Gasteiger charge is -2.03. The molecule has 0 aliphatic carbocycles. The van der Waals surface area contributed by atoms with Gasteiger partial charge in [0.25, 0.3) is 0 Å². The Morgan fingerprint density at radius 1 is 1.62 bits per heavy atom. The molecule has 0 radical (unpaired) electrons. The van der Waals surface area contributed by atoms with Gasteiger partial charge in [0.1, 0.15) is 11.3 Å². The lowest BCUT2D eigenvalue weighted by molar-refractivity contribution is 0.413. The topological polar surface area (TPSA) is 46.8 Å². The van der Waals surface area contributed by atoms with Crippen LogP contribution in [0, 0.1) is 0 Å². The van der Waals surface area contributed by atoms with Gasteiger partial charge in [0, 0.05) is 10.7 Å². The highest BCUT2D eigenvalue weighted by atomic mass is 79.9. The number of pyridine rings is 1. The molecule has 5 heteroatoms. The Morgan fingerprint density at radius 3 is 3.08 bits per heavy atom. The summed E-state index contributed by atoms with van der Waals surface area (Å²) in [4.78, 5) is 0. The van der Waals surface area contributed by atoms with Crippen molar-refractivity contribution in [2.45, 2.75) is 0 Å². The molecule has 2 aromatic heterocycles. The Hall–Kier alpha value is -1.23. The van der Waals surface area contributed by atoms with Crippen molar-refractivity contribution in [1.29, 1.82) is 0 Å². The molecule has 0 saturated heterocycles. The van der Waals surface area contributed by atoms with Gasteiger partial charge in [-0.25, -0.2) is 4.52 Å². The Kier molecular flexibility index (Phi) is 1.88. The average Bonchev–Trinajstić information content (AvgIpc) is 2.46. The van der Waals surface area contributed by atoms with Crippen LogP contribution < -0.4 is 4.74 Å². The maximum atomic E-state index is 9.44. The van der Waals surface area contributed by atoms with E-state index in [4.69, 9.17) is 4.74 Å². The van der Waals surface area contributed by atoms with Crippen molar-refractivity contribution < 1.29 is 9.84 Å². The minimum Gasteiger partial charge on any atom is -0.504 e. The van der Waals surface area contributed by atoms with Gasteiger partial charge >= 0.3 is 0 Å². The second kappa shape index (κ2) is 2.92. The molecule has 13 heavy (non-hydrogen) atoms. The third-order valence-corrected chi connectivity index (χ3v) is 2.18. The fourth-order valence-corrected chi connectivity index (χ4v) is 1.60. The van der Waals surface area contributed by atoms with Gasteiger partial charge in [-0.1, -0.05) is 0 Å². The lowest BCUT2D eigenvalue weighted by Crippen LogP contribution is -1.91. The quantitative estimate of drug-likeness (QED) is 0.830. The molecule has 0 atom stereocenters. The highest BCUT2D eigenvalue weighted by Gasteiger charge is 2.09. The number of aromatic nitrogens is 2. The van der Waals surface area contributed by atoms with E-state index in [-0.39, 0.29) is 5.75 Å². The molecule has 0 bridgehead atoms. The second-order valence-electron chi connectivity index (χ2n) is 2.55. The van der Waals surface area contributed by atoms with Crippen LogP contribution in [0.1, 0.15) is 0 Å². The van der Waals surface area contributed by atoms with Gasteiger partial charge in [-0.05, 0) is 22.0 Å². The first-order valence-corrected chi connectivity index (χ1v) is 4.41. The third kappa shape index (κ3) is 1.25. The molecule has 2 rings (SSSR count). The molecule has 0 aliphatic heterocycles. The molecule has 0 spiro atoms. The number of ether oxygens (including phenoxy) is 1. The van der Waals surface area contributed by atoms with Gasteiger partial charge in [0.2, 0.25) is 0 Å². The molecule has 0 unspecified atom stereocenters. The monoisotopic (exact) mass is 242 g/mol. The smallest absolute Gasteiger partial charge is 0.165 e. The van der Waals surface area contributed by atoms with Crippen LogP contribution in [0.3, 0.4) is 0 Å². The number of hydrogen-bond donors (Lipinski definition) is 1. The SMILES string of the molecule is COc1cc(Br)cn2ncc(O)c12. The minimum absolute atomic E-state index is 0.115. The van der Waals surface area contributed by atoms with Crippen LogP contribution >= 0.6 is 15.9 Å². The predicted molar refractivity (Wildman–Crippen MR) is 51.1 cm³/mol. The van der Waals surface area contributed by atoms with Crippen LogP contribution in [0.15, 0.2) is 22.9 Å². The van der Waals surface area contributed by atoms with E-state index in [9.17, 15) is 5.11 Å². The summed E-state index contributed by atoms with van der Waals surface area (Å²) in [5, 5.41) is 13.4. The first kappa shape index (κ1) is 8.37. The van der Waals surface area contributed by atoms with Gasteiger partial charge in [0.15, 0.2) is 5.75 Å². The fraction of sp³-hybridized carbons (Fsp3) is 0.125. The first-order valence-electron chi connectivity index (χ1n) is 3.62. The zero-order chi connectivity index (χ0) is 9.42. The molecule has 0 saturated carbocycles. The number of methoxy groups -OCH3 is 1. The van der Waals surface area contributed by atoms with Crippen LogP contribution in [0.4, 0.5) is 0 Å². The van der Waals surface area contributed by atoms with Crippen molar-refractivity contribution in [3.8, 4) is 11.5 Å². The van der Waals surface area contributed by atoms with E-state index in [1.165, 1.54) is 6.20 Å². The molecule has 68 valence electrons. The van der Waals surface area contributed by atoms with E-state index in [0.29, 0.717) is 11.3 Å². The van der Waals surface area contributed by atoms with Gasteiger partial charge in [0.05, 0.1) is 13.3 Å². The summed E-state index contributed by atoms with van der Waals surface area (Å²) in [7, 11) is 1.55. The first-order chi connectivity index (χ1) is 6.22. The number of fused-ring (bicyclic) bond motifs is 1. The predicted octanol–water partition coefficient (Wildman–Crippen LogP) is 1.81. The summed E-state index contributed by atoms with van der Waals surface area (Å²) >= 11 is 3.31. The van der Waals surface area contributed by atoms with Crippen molar-refractivity contribution in [1.82, 2.24) is 9.61 Å². The molecular weight excluding hydrogens is 236 g/mol. The largest absolute Gasteiger partial charge is 0.504 e. The molecule has 0 aromatic carbocycles. The Bertz CT molecular complexity index is 453. The normalized spacial score (nSPS) is 10.6. The van der Waals surface area contributed by atoms with Crippen molar-refractivity contribution >= 4 is 21.4 Å². The van der Waals surface area contributed by atoms with Crippen LogP contribution in [-0.2, 0) is 0 Å². The average molecular weight is 243 g/mol. The van der Waals surface area contributed by atoms with E-state index in [1.807, 2.05) is 0 Å². The zero-order valence-electron chi connectivity index (χ0n) is 6.86. The molecule has 4 nitrogen and oxygen atoms in total. The van der Waals surface area contributed by atoms with Crippen LogP contribution in [-0.4, -0.2) is 21.8 Å². The van der Waals surface area contributed by atoms with E-state index < -0.39 is 0 Å². The summed E-state index contributed by atoms with van der Waals surface area (Å²) < 4.78 is 7.50. The van der Waals surface area contributed by atoms with Crippen LogP contribution in [0.5, 0.6) is 11.5 Å². The number of rotatable bonds is 1. The number of halogens is 1. The van der Waals surface area contributed by atoms with Crippen molar-refractivity contribution in [3.05, 3.63) is 22.9 Å². The van der Waals surface area contributed by atoms with E-state index in [1.54, 1.807) is 23.9 Å². The molecule has 2 heterocycles. The summed E-state index contributed by atoms with van der Waals surface area (Å²) in [6, 6.07) is 1.77. The summed E-state index contributed by atoms with van der Waals surface area (Å²) in [6.07, 6.45) is 3.13. The molecular formula is C8H7BrN2O2. The second-order valence-corrected chi connectivity index (χ2v) is 3.47. The number of hydrogen-bond acceptors (Lipinski definition) is 3. The van der Waals surface area contributed by atoms with Crippen molar-refractivity contribution in [2.75, 3.05) is 7.11 Å². The highest BCUT2D eigenvalue weighted by Crippen LogP contribution is 2.30. The van der Waals surface area contributed by atoms with Crippen LogP contribution in [0.25, 0.3) is 5.52 Å². The molecule has 1 N–H and O–H groups in total. The summed E-state index contributed by atoms with van der Waals surface area (Å²) in [5.74, 6) is 0.703. The van der Waals surface area contributed by atoms with E-state index in [0.717, 1.165) is 4.47 Å². The zero-order valence-corrected chi connectivity index (χ0v) is 8.45. The van der Waals surface area contributed by atoms with E-state index in [2.05, 4.69) is 21.0 Å². The van der Waals surface area contributed by atoms with Crippen LogP contribution in [0.2, 0.25) is 0 Å². The molecule has 2 aromatic rings. The summed E-state index contributed by atoms with van der Waals surface area (Å²) in [5.41, 5.74) is 0.575. The van der Waals surface area contributed by atoms with E-state index >= 15 is 0 Å². The van der Waals surface area contributed by atoms with Crippen molar-refractivity contribution in [2.24, 2.45) is 0 Å². The molecule has 0 aliphatic rings. The van der Waals surface area contributed by atoms with Gasteiger partial charge in [-0.15, -0.1) is 0 Å². The maximum Gasteiger partial charge on any atom is 0.165 e. The highest BCUT2D eigenvalue weighted by molar-refractivity contribution is 9.10. The maximum absolute atomic E-state index is 9.44. The van der Waals surface area contributed by atoms with Gasteiger partial charge < -0.3 is 9.84 Å². The van der Waals surface area contributed by atoms with Crippen molar-refractivity contribution in [3.63, 3.8) is 0 Å². The molecule has 0 amide bonds. The minimum atomic E-state index is 0.115. The standard InChI is InChI=1S/C8H7BrN2O2/c1-13-7-2-5(9)4-11-8(7)6(12)3-10-11/h2-4,12H,1H3. The Balaban J connectivity index is 2.85. The fourth-order valence-electron chi connectivity index (χ4n) is 1.19. The Morgan fingerprint density at radius 2 is 2.38 bits per heavy atom. The number of nitrogens with zero attached hydrogens (tertiary/aromatic N) is 2. The lowest BCUT2D eigenvalue weighted by atomic mass is 10.3. The Labute approximate surface area is 82.9 Å². The van der Waals surface area contributed by atoms with Gasteiger partial charge in [-0.3, -0.25) is 0 Å². The third-order valence-electron chi connectivity index (χ3n) is 1.74. The molecule has 0 fully saturated rings.